The van der Waals surface area contributed by atoms with E-state index in [4.69, 9.17) is 18.4 Å². The number of hydrogen-bond acceptors (Lipinski definition) is 9. The third-order valence-electron chi connectivity index (χ3n) is 6.38. The fraction of sp³-hybridized carbons (Fsp3) is 0.385. The van der Waals surface area contributed by atoms with E-state index < -0.39 is 15.0 Å². The number of hydrogen-bond donors (Lipinski definition) is 0. The average molecular weight is 548 g/mol. The van der Waals surface area contributed by atoms with E-state index in [1.807, 2.05) is 12.1 Å². The number of thioether (sulfide) groups is 1. The molecule has 0 saturated heterocycles. The second-order valence-electron chi connectivity index (χ2n) is 8.63. The summed E-state index contributed by atoms with van der Waals surface area (Å²) in [6.07, 6.45) is 7.05. The van der Waals surface area contributed by atoms with Gasteiger partial charge in [-0.15, -0.1) is 0 Å². The third kappa shape index (κ3) is 6.35. The number of nitro benzene ring substituents is 1. The van der Waals surface area contributed by atoms with Crippen molar-refractivity contribution in [2.75, 3.05) is 34.0 Å². The topological polar surface area (TPSA) is 114 Å². The SMILES string of the molecule is COc1ccc2c(c1OC)=C(COCCOS(=O)(=O)c1ccc([N+](=O)[O-])cc1)SC=C(C1CCCC1)C=2. The molecule has 1 fully saturated rings. The molecule has 0 spiro atoms. The van der Waals surface area contributed by atoms with Gasteiger partial charge in [0.1, 0.15) is 0 Å². The summed E-state index contributed by atoms with van der Waals surface area (Å²) in [4.78, 5) is 11.0. The van der Waals surface area contributed by atoms with Gasteiger partial charge in [-0.1, -0.05) is 36.7 Å². The van der Waals surface area contributed by atoms with Crippen LogP contribution < -0.4 is 19.9 Å². The lowest BCUT2D eigenvalue weighted by atomic mass is 9.97. The number of rotatable bonds is 11. The van der Waals surface area contributed by atoms with Crippen molar-refractivity contribution in [2.24, 2.45) is 5.92 Å². The molecule has 1 aliphatic heterocycles. The molecule has 0 unspecified atom stereocenters. The molecule has 0 N–H and O–H groups in total. The lowest BCUT2D eigenvalue weighted by molar-refractivity contribution is -0.384. The maximum Gasteiger partial charge on any atom is 0.297 e. The molecule has 0 amide bonds. The second-order valence-corrected chi connectivity index (χ2v) is 11.2. The fourth-order valence-electron chi connectivity index (χ4n) is 4.51. The first-order chi connectivity index (χ1) is 17.8. The van der Waals surface area contributed by atoms with Crippen LogP contribution >= 0.6 is 11.8 Å². The van der Waals surface area contributed by atoms with Gasteiger partial charge in [-0.3, -0.25) is 14.3 Å². The van der Waals surface area contributed by atoms with Crippen LogP contribution in [0.15, 0.2) is 52.3 Å². The molecule has 1 aliphatic carbocycles. The smallest absolute Gasteiger partial charge is 0.297 e. The van der Waals surface area contributed by atoms with Gasteiger partial charge in [-0.05, 0) is 53.2 Å². The van der Waals surface area contributed by atoms with Crippen molar-refractivity contribution in [2.45, 2.75) is 30.6 Å². The number of fused-ring (bicyclic) bond motifs is 1. The van der Waals surface area contributed by atoms with Gasteiger partial charge in [-0.2, -0.15) is 8.42 Å². The first-order valence-electron chi connectivity index (χ1n) is 11.9. The molecule has 4 rings (SSSR count). The molecule has 1 heterocycles. The molecule has 2 aromatic rings. The Bertz CT molecular complexity index is 1400. The normalized spacial score (nSPS) is 15.9. The van der Waals surface area contributed by atoms with Gasteiger partial charge in [0.05, 0.1) is 43.9 Å². The Balaban J connectivity index is 1.48. The van der Waals surface area contributed by atoms with Crippen LogP contribution in [0.2, 0.25) is 0 Å². The van der Waals surface area contributed by atoms with Crippen LogP contribution in [0, 0.1) is 16.0 Å². The van der Waals surface area contributed by atoms with Gasteiger partial charge in [-0.25, -0.2) is 0 Å². The Morgan fingerprint density at radius 2 is 1.76 bits per heavy atom. The van der Waals surface area contributed by atoms with Crippen molar-refractivity contribution in [1.29, 1.82) is 0 Å². The van der Waals surface area contributed by atoms with Crippen molar-refractivity contribution >= 4 is 38.5 Å². The Hall–Kier alpha value is -2.86. The van der Waals surface area contributed by atoms with Crippen molar-refractivity contribution in [1.82, 2.24) is 0 Å². The standard InChI is InChI=1S/C26H29NO8S2/c1-32-23-12-7-19-15-20(18-5-3-4-6-18)17-36-24(25(19)26(23)33-2)16-34-13-14-35-37(30,31)22-10-8-21(9-11-22)27(28)29/h7-12,15,17-18H,3-6,13-14,16H2,1-2H3. The molecule has 0 bridgehead atoms. The Labute approximate surface area is 220 Å². The average Bonchev–Trinajstić information content (AvgIpc) is 3.37. The van der Waals surface area contributed by atoms with Gasteiger partial charge < -0.3 is 14.2 Å². The highest BCUT2D eigenvalue weighted by Crippen LogP contribution is 2.35. The second kappa shape index (κ2) is 12.1. The van der Waals surface area contributed by atoms with Crippen molar-refractivity contribution in [3.8, 4) is 11.5 Å². The summed E-state index contributed by atoms with van der Waals surface area (Å²) in [5, 5.41) is 14.9. The summed E-state index contributed by atoms with van der Waals surface area (Å²) < 4.78 is 46.9. The molecular formula is C26H29NO8S2. The van der Waals surface area contributed by atoms with E-state index in [1.165, 1.54) is 31.3 Å². The molecule has 2 aliphatic rings. The van der Waals surface area contributed by atoms with Crippen LogP contribution in [0.1, 0.15) is 25.7 Å². The van der Waals surface area contributed by atoms with Gasteiger partial charge >= 0.3 is 0 Å². The third-order valence-corrected chi connectivity index (χ3v) is 8.70. The maximum atomic E-state index is 12.4. The van der Waals surface area contributed by atoms with Gasteiger partial charge in [0.25, 0.3) is 15.8 Å². The zero-order valence-corrected chi connectivity index (χ0v) is 22.3. The van der Waals surface area contributed by atoms with Crippen LogP contribution in [-0.4, -0.2) is 47.4 Å². The highest BCUT2D eigenvalue weighted by atomic mass is 32.2. The maximum absolute atomic E-state index is 12.4. The Morgan fingerprint density at radius 1 is 1.03 bits per heavy atom. The zero-order valence-electron chi connectivity index (χ0n) is 20.7. The minimum absolute atomic E-state index is 0.0286. The van der Waals surface area contributed by atoms with Crippen LogP contribution in [0.25, 0.3) is 11.0 Å². The number of non-ortho nitro benzene ring substituents is 1. The lowest BCUT2D eigenvalue weighted by Gasteiger charge is -2.12. The monoisotopic (exact) mass is 547 g/mol. The first kappa shape index (κ1) is 27.2. The van der Waals surface area contributed by atoms with Gasteiger partial charge in [0.2, 0.25) is 0 Å². The number of benzene rings is 2. The summed E-state index contributed by atoms with van der Waals surface area (Å²) in [7, 11) is -0.863. The molecule has 0 aromatic heterocycles. The van der Waals surface area contributed by atoms with Crippen molar-refractivity contribution in [3.05, 3.63) is 67.9 Å². The van der Waals surface area contributed by atoms with Crippen LogP contribution in [0.4, 0.5) is 5.69 Å². The predicted octanol–water partition coefficient (Wildman–Crippen LogP) is 3.74. The summed E-state index contributed by atoms with van der Waals surface area (Å²) in [5.74, 6) is 1.78. The molecule has 37 heavy (non-hydrogen) atoms. The molecule has 1 saturated carbocycles. The van der Waals surface area contributed by atoms with Gasteiger partial charge in [0.15, 0.2) is 11.5 Å². The minimum Gasteiger partial charge on any atom is -0.493 e. The zero-order chi connectivity index (χ0) is 26.4. The fourth-order valence-corrected chi connectivity index (χ4v) is 6.42. The number of nitro groups is 1. The Kier molecular flexibility index (Phi) is 8.91. The first-order valence-corrected chi connectivity index (χ1v) is 14.2. The van der Waals surface area contributed by atoms with Crippen LogP contribution in [0.3, 0.4) is 0 Å². The van der Waals surface area contributed by atoms with E-state index >= 15 is 0 Å². The molecule has 11 heteroatoms. The number of ether oxygens (including phenoxy) is 3. The number of nitrogens with zero attached hydrogens (tertiary/aromatic N) is 1. The minimum atomic E-state index is -4.06. The number of methoxy groups -OCH3 is 2. The lowest BCUT2D eigenvalue weighted by Crippen LogP contribution is -2.29. The highest BCUT2D eigenvalue weighted by Gasteiger charge is 2.21. The molecule has 9 nitrogen and oxygen atoms in total. The largest absolute Gasteiger partial charge is 0.493 e. The predicted molar refractivity (Wildman–Crippen MR) is 141 cm³/mol. The van der Waals surface area contributed by atoms with Crippen LogP contribution in [-0.2, 0) is 19.0 Å². The van der Waals surface area contributed by atoms with Crippen molar-refractivity contribution in [3.63, 3.8) is 0 Å². The molecule has 0 radical (unpaired) electrons. The highest BCUT2D eigenvalue weighted by molar-refractivity contribution is 8.10. The van der Waals surface area contributed by atoms with E-state index in [0.717, 1.165) is 39.6 Å². The molecular weight excluding hydrogens is 518 g/mol. The summed E-state index contributed by atoms with van der Waals surface area (Å²) in [6, 6.07) is 8.45. The van der Waals surface area contributed by atoms with E-state index in [2.05, 4.69) is 11.5 Å². The summed E-state index contributed by atoms with van der Waals surface area (Å²) >= 11 is 1.58. The van der Waals surface area contributed by atoms with Gasteiger partial charge in [0, 0.05) is 22.3 Å². The molecule has 0 atom stereocenters. The van der Waals surface area contributed by atoms with E-state index in [9.17, 15) is 18.5 Å². The molecule has 198 valence electrons. The molecule has 2 aromatic carbocycles. The van der Waals surface area contributed by atoms with Crippen LogP contribution in [0.5, 0.6) is 11.5 Å². The summed E-state index contributed by atoms with van der Waals surface area (Å²) in [6.45, 7) is 0.0554. The Morgan fingerprint density at radius 3 is 2.41 bits per heavy atom. The quantitative estimate of drug-likeness (QED) is 0.180. The van der Waals surface area contributed by atoms with Crippen molar-refractivity contribution < 1.29 is 31.7 Å². The van der Waals surface area contributed by atoms with E-state index in [0.29, 0.717) is 17.4 Å². The summed E-state index contributed by atoms with van der Waals surface area (Å²) in [5.41, 5.74) is 1.10. The van der Waals surface area contributed by atoms with E-state index in [1.54, 1.807) is 26.0 Å². The van der Waals surface area contributed by atoms with E-state index in [-0.39, 0.29) is 30.4 Å². The number of allylic oxidation sites excluding steroid dienone is 1.